The zero-order valence-electron chi connectivity index (χ0n) is 12.7. The van der Waals surface area contributed by atoms with Crippen LogP contribution in [0, 0.1) is 13.8 Å². The fraction of sp³-hybridized carbons (Fsp3) is 0.375. The second kappa shape index (κ2) is 6.54. The van der Waals surface area contributed by atoms with Gasteiger partial charge in [-0.3, -0.25) is 4.79 Å². The number of rotatable bonds is 5. The molecule has 5 nitrogen and oxygen atoms in total. The highest BCUT2D eigenvalue weighted by molar-refractivity contribution is 5.44. The Balaban J connectivity index is 2.39. The van der Waals surface area contributed by atoms with E-state index in [4.69, 9.17) is 10.5 Å². The summed E-state index contributed by atoms with van der Waals surface area (Å²) in [6, 6.07) is 3.94. The highest BCUT2D eigenvalue weighted by Crippen LogP contribution is 2.27. The van der Waals surface area contributed by atoms with Gasteiger partial charge in [0.25, 0.3) is 5.88 Å². The van der Waals surface area contributed by atoms with Gasteiger partial charge in [0.2, 0.25) is 0 Å². The van der Waals surface area contributed by atoms with Crippen LogP contribution in [0.2, 0.25) is 0 Å². The van der Waals surface area contributed by atoms with E-state index < -0.39 is 0 Å². The van der Waals surface area contributed by atoms with Crippen molar-refractivity contribution in [3.63, 3.8) is 0 Å². The maximum absolute atomic E-state index is 12.3. The molecule has 1 aromatic carbocycles. The predicted molar refractivity (Wildman–Crippen MR) is 82.7 cm³/mol. The summed E-state index contributed by atoms with van der Waals surface area (Å²) in [5.41, 5.74) is 8.39. The molecule has 0 bridgehead atoms. The van der Waals surface area contributed by atoms with Crippen molar-refractivity contribution in [1.82, 2.24) is 9.55 Å². The number of benzene rings is 1. The molecule has 5 heteroatoms. The van der Waals surface area contributed by atoms with E-state index in [0.717, 1.165) is 23.1 Å². The first kappa shape index (κ1) is 15.3. The summed E-state index contributed by atoms with van der Waals surface area (Å²) >= 11 is 0. The topological polar surface area (TPSA) is 70.1 Å². The van der Waals surface area contributed by atoms with Gasteiger partial charge in [0.15, 0.2) is 0 Å². The number of ether oxygens (including phenoxy) is 1. The highest BCUT2D eigenvalue weighted by Gasteiger charge is 2.12. The Kier molecular flexibility index (Phi) is 4.75. The summed E-state index contributed by atoms with van der Waals surface area (Å²) in [5, 5.41) is 0. The molecule has 0 spiro atoms. The molecule has 0 fully saturated rings. The number of nitrogens with zero attached hydrogens (tertiary/aromatic N) is 2. The van der Waals surface area contributed by atoms with E-state index >= 15 is 0 Å². The molecule has 0 aliphatic carbocycles. The minimum absolute atomic E-state index is 0.109. The smallest absolute Gasteiger partial charge is 0.313 e. The molecule has 0 atom stereocenters. The summed E-state index contributed by atoms with van der Waals surface area (Å²) in [5.74, 6) is 0.781. The van der Waals surface area contributed by atoms with Crippen LogP contribution in [0.5, 0.6) is 11.6 Å². The summed E-state index contributed by atoms with van der Waals surface area (Å²) in [7, 11) is 0. The van der Waals surface area contributed by atoms with Crippen molar-refractivity contribution in [1.29, 1.82) is 0 Å². The van der Waals surface area contributed by atoms with Crippen molar-refractivity contribution >= 4 is 0 Å². The van der Waals surface area contributed by atoms with Crippen molar-refractivity contribution in [3.8, 4) is 11.6 Å². The van der Waals surface area contributed by atoms with Crippen LogP contribution in [0.15, 0.2) is 29.3 Å². The van der Waals surface area contributed by atoms with Crippen LogP contribution in [0.1, 0.15) is 30.0 Å². The summed E-state index contributed by atoms with van der Waals surface area (Å²) in [4.78, 5) is 16.3. The SMILES string of the molecule is CCCn1ccnc(Oc2c(C)cc(CN)cc2C)c1=O. The Hall–Kier alpha value is -2.14. The van der Waals surface area contributed by atoms with E-state index in [2.05, 4.69) is 4.98 Å². The standard InChI is InChI=1S/C16H21N3O2/c1-4-6-19-7-5-18-15(16(19)20)21-14-11(2)8-13(10-17)9-12(14)3/h5,7-9H,4,6,10,17H2,1-3H3. The van der Waals surface area contributed by atoms with Crippen molar-refractivity contribution in [2.75, 3.05) is 0 Å². The molecule has 0 aliphatic heterocycles. The molecule has 0 saturated carbocycles. The van der Waals surface area contributed by atoms with Crippen LogP contribution < -0.4 is 16.0 Å². The fourth-order valence-electron chi connectivity index (χ4n) is 2.33. The van der Waals surface area contributed by atoms with Crippen LogP contribution in [0.4, 0.5) is 0 Å². The van der Waals surface area contributed by atoms with Gasteiger partial charge in [0, 0.05) is 25.5 Å². The van der Waals surface area contributed by atoms with Crippen molar-refractivity contribution in [2.24, 2.45) is 5.73 Å². The summed E-state index contributed by atoms with van der Waals surface area (Å²) in [6.45, 7) is 7.04. The Bertz CT molecular complexity index is 669. The monoisotopic (exact) mass is 287 g/mol. The maximum atomic E-state index is 12.3. The number of hydrogen-bond acceptors (Lipinski definition) is 4. The second-order valence-corrected chi connectivity index (χ2v) is 5.10. The molecule has 2 rings (SSSR count). The molecule has 2 aromatic rings. The Morgan fingerprint density at radius 2 is 1.95 bits per heavy atom. The van der Waals surface area contributed by atoms with Gasteiger partial charge in [-0.1, -0.05) is 19.1 Å². The molecule has 0 unspecified atom stereocenters. The van der Waals surface area contributed by atoms with Gasteiger partial charge < -0.3 is 15.0 Å². The van der Waals surface area contributed by atoms with Crippen LogP contribution in [-0.2, 0) is 13.1 Å². The van der Waals surface area contributed by atoms with E-state index in [-0.39, 0.29) is 11.4 Å². The lowest BCUT2D eigenvalue weighted by molar-refractivity contribution is 0.437. The number of hydrogen-bond donors (Lipinski definition) is 1. The summed E-state index contributed by atoms with van der Waals surface area (Å²) < 4.78 is 7.38. The zero-order chi connectivity index (χ0) is 15.4. The first-order valence-electron chi connectivity index (χ1n) is 7.10. The molecule has 0 amide bonds. The zero-order valence-corrected chi connectivity index (χ0v) is 12.7. The largest absolute Gasteiger partial charge is 0.434 e. The number of aromatic nitrogens is 2. The average Bonchev–Trinajstić information content (AvgIpc) is 2.46. The van der Waals surface area contributed by atoms with E-state index in [0.29, 0.717) is 18.8 Å². The Labute approximate surface area is 124 Å². The van der Waals surface area contributed by atoms with Crippen molar-refractivity contribution < 1.29 is 4.74 Å². The van der Waals surface area contributed by atoms with Crippen molar-refractivity contribution in [3.05, 3.63) is 51.6 Å². The molecule has 1 aromatic heterocycles. The number of nitrogens with two attached hydrogens (primary N) is 1. The lowest BCUT2D eigenvalue weighted by Gasteiger charge is -2.13. The van der Waals surface area contributed by atoms with Gasteiger partial charge in [0.05, 0.1) is 0 Å². The third kappa shape index (κ3) is 3.31. The molecule has 0 saturated heterocycles. The van der Waals surface area contributed by atoms with Gasteiger partial charge in [-0.2, -0.15) is 0 Å². The van der Waals surface area contributed by atoms with Crippen LogP contribution in [-0.4, -0.2) is 9.55 Å². The van der Waals surface area contributed by atoms with E-state index in [9.17, 15) is 4.79 Å². The predicted octanol–water partition coefficient (Wildman–Crippen LogP) is 2.52. The fourth-order valence-corrected chi connectivity index (χ4v) is 2.33. The number of aryl methyl sites for hydroxylation is 3. The minimum atomic E-state index is -0.207. The molecule has 2 N–H and O–H groups in total. The first-order chi connectivity index (χ1) is 10.1. The Morgan fingerprint density at radius 1 is 1.29 bits per heavy atom. The van der Waals surface area contributed by atoms with E-state index in [1.54, 1.807) is 17.0 Å². The van der Waals surface area contributed by atoms with Crippen LogP contribution >= 0.6 is 0 Å². The molecule has 112 valence electrons. The van der Waals surface area contributed by atoms with E-state index in [1.807, 2.05) is 32.9 Å². The summed E-state index contributed by atoms with van der Waals surface area (Å²) in [6.07, 6.45) is 4.15. The molecule has 0 radical (unpaired) electrons. The van der Waals surface area contributed by atoms with Gasteiger partial charge >= 0.3 is 5.56 Å². The molecule has 1 heterocycles. The van der Waals surface area contributed by atoms with Gasteiger partial charge in [-0.15, -0.1) is 0 Å². The quantitative estimate of drug-likeness (QED) is 0.917. The lowest BCUT2D eigenvalue weighted by atomic mass is 10.1. The van der Waals surface area contributed by atoms with Crippen LogP contribution in [0.3, 0.4) is 0 Å². The normalized spacial score (nSPS) is 10.7. The Morgan fingerprint density at radius 3 is 2.52 bits per heavy atom. The third-order valence-electron chi connectivity index (χ3n) is 3.30. The maximum Gasteiger partial charge on any atom is 0.313 e. The van der Waals surface area contributed by atoms with Gasteiger partial charge in [-0.25, -0.2) is 4.98 Å². The highest BCUT2D eigenvalue weighted by atomic mass is 16.5. The first-order valence-corrected chi connectivity index (χ1v) is 7.10. The molecular weight excluding hydrogens is 266 g/mol. The molecule has 21 heavy (non-hydrogen) atoms. The van der Waals surface area contributed by atoms with Crippen LogP contribution in [0.25, 0.3) is 0 Å². The average molecular weight is 287 g/mol. The second-order valence-electron chi connectivity index (χ2n) is 5.10. The molecule has 0 aliphatic rings. The van der Waals surface area contributed by atoms with E-state index in [1.165, 1.54) is 0 Å². The lowest BCUT2D eigenvalue weighted by Crippen LogP contribution is -2.21. The van der Waals surface area contributed by atoms with Gasteiger partial charge in [-0.05, 0) is 37.0 Å². The third-order valence-corrected chi connectivity index (χ3v) is 3.30. The van der Waals surface area contributed by atoms with Crippen molar-refractivity contribution in [2.45, 2.75) is 40.3 Å². The molecular formula is C16H21N3O2. The van der Waals surface area contributed by atoms with Gasteiger partial charge in [0.1, 0.15) is 5.75 Å². The minimum Gasteiger partial charge on any atom is -0.434 e.